The Kier molecular flexibility index (Phi) is 5.32. The Bertz CT molecular complexity index is 995. The number of anilines is 1. The molecule has 0 aliphatic carbocycles. The summed E-state index contributed by atoms with van der Waals surface area (Å²) in [6, 6.07) is 7.90. The molecule has 1 aliphatic heterocycles. The van der Waals surface area contributed by atoms with Gasteiger partial charge < -0.3 is 4.74 Å². The fourth-order valence-electron chi connectivity index (χ4n) is 4.84. The average molecular weight is 427 g/mol. The third-order valence-corrected chi connectivity index (χ3v) is 6.92. The van der Waals surface area contributed by atoms with Gasteiger partial charge in [0.15, 0.2) is 10.8 Å². The highest BCUT2D eigenvalue weighted by Gasteiger charge is 2.44. The van der Waals surface area contributed by atoms with E-state index in [0.29, 0.717) is 0 Å². The highest BCUT2D eigenvalue weighted by Crippen LogP contribution is 2.43. The van der Waals surface area contributed by atoms with Gasteiger partial charge in [-0.15, -0.1) is 10.2 Å². The molecule has 4 rings (SSSR count). The van der Waals surface area contributed by atoms with Gasteiger partial charge in [-0.3, -0.25) is 5.01 Å². The molecule has 7 nitrogen and oxygen atoms in total. The molecule has 1 aliphatic rings. The highest BCUT2D eigenvalue weighted by molar-refractivity contribution is 7.18. The minimum absolute atomic E-state index is 0.0556. The molecule has 30 heavy (non-hydrogen) atoms. The molecule has 0 spiro atoms. The lowest BCUT2D eigenvalue weighted by atomic mass is 9.81. The number of para-hydroxylation sites is 1. The van der Waals surface area contributed by atoms with Gasteiger partial charge in [0.1, 0.15) is 5.69 Å². The predicted molar refractivity (Wildman–Crippen MR) is 121 cm³/mol. The van der Waals surface area contributed by atoms with Crippen molar-refractivity contribution >= 4 is 16.5 Å². The summed E-state index contributed by atoms with van der Waals surface area (Å²) in [6.07, 6.45) is 7.22. The molecule has 0 bridgehead atoms. The van der Waals surface area contributed by atoms with Gasteiger partial charge in [0, 0.05) is 30.5 Å². The number of hydrogen-bond donors (Lipinski definition) is 0. The topological polar surface area (TPSA) is 59.3 Å². The monoisotopic (exact) mass is 426 g/mol. The van der Waals surface area contributed by atoms with Crippen LogP contribution in [-0.2, 0) is 0 Å². The van der Waals surface area contributed by atoms with Crippen molar-refractivity contribution in [1.29, 1.82) is 0 Å². The van der Waals surface area contributed by atoms with E-state index in [-0.39, 0.29) is 11.1 Å². The molecule has 160 valence electrons. The van der Waals surface area contributed by atoms with Gasteiger partial charge in [-0.1, -0.05) is 17.4 Å². The van der Waals surface area contributed by atoms with Crippen LogP contribution in [0.4, 0.5) is 5.13 Å². The zero-order chi connectivity index (χ0) is 21.5. The molecule has 1 saturated heterocycles. The van der Waals surface area contributed by atoms with Crippen LogP contribution < -0.4 is 9.75 Å². The first kappa shape index (κ1) is 20.8. The summed E-state index contributed by atoms with van der Waals surface area (Å²) in [6.45, 7) is 9.23. The van der Waals surface area contributed by atoms with Crippen LogP contribution in [0.1, 0.15) is 47.0 Å². The third kappa shape index (κ3) is 3.58. The van der Waals surface area contributed by atoms with Gasteiger partial charge in [-0.05, 0) is 65.2 Å². The van der Waals surface area contributed by atoms with Crippen molar-refractivity contribution in [3.63, 3.8) is 0 Å². The van der Waals surface area contributed by atoms with E-state index >= 15 is 0 Å². The van der Waals surface area contributed by atoms with Crippen molar-refractivity contribution in [1.82, 2.24) is 25.0 Å². The van der Waals surface area contributed by atoms with Crippen molar-refractivity contribution in [2.24, 2.45) is 0 Å². The number of methoxy groups -OCH3 is 1. The van der Waals surface area contributed by atoms with Crippen molar-refractivity contribution in [2.45, 2.75) is 58.0 Å². The summed E-state index contributed by atoms with van der Waals surface area (Å²) in [5.74, 6) is 0.741. The number of nitrogens with zero attached hydrogens (tertiary/aromatic N) is 6. The summed E-state index contributed by atoms with van der Waals surface area (Å²) >= 11 is 1.58. The molecular formula is C22H30N6OS. The van der Waals surface area contributed by atoms with Crippen molar-refractivity contribution in [2.75, 3.05) is 19.2 Å². The lowest BCUT2D eigenvalue weighted by Gasteiger charge is -2.55. The molecule has 0 saturated carbocycles. The number of aromatic nitrogens is 4. The van der Waals surface area contributed by atoms with Crippen LogP contribution in [-0.4, -0.2) is 50.2 Å². The fraction of sp³-hybridized carbons (Fsp3) is 0.500. The van der Waals surface area contributed by atoms with E-state index in [9.17, 15) is 0 Å². The normalized spacial score (nSPS) is 18.3. The molecule has 3 heterocycles. The van der Waals surface area contributed by atoms with E-state index < -0.39 is 0 Å². The standard InChI is InChI=1S/C22H30N6OS/c1-21(2)12-8-13-22(3,4)28(21)26(5)20-25-24-19(30-20)16-10-7-11-17(18(16)29-6)27-15-9-14-23-27/h7,9-11,14-15H,8,12-13H2,1-6H3. The number of hydrogen-bond acceptors (Lipinski definition) is 7. The van der Waals surface area contributed by atoms with Crippen molar-refractivity contribution in [3.05, 3.63) is 36.7 Å². The van der Waals surface area contributed by atoms with Gasteiger partial charge in [-0.2, -0.15) is 5.10 Å². The summed E-state index contributed by atoms with van der Waals surface area (Å²) < 4.78 is 7.56. The first-order chi connectivity index (χ1) is 14.2. The maximum Gasteiger partial charge on any atom is 0.222 e. The van der Waals surface area contributed by atoms with Gasteiger partial charge in [0.25, 0.3) is 0 Å². The molecule has 0 N–H and O–H groups in total. The Balaban J connectivity index is 1.71. The summed E-state index contributed by atoms with van der Waals surface area (Å²) in [5, 5.41) is 19.8. The second-order valence-corrected chi connectivity index (χ2v) is 9.97. The molecule has 0 atom stereocenters. The second kappa shape index (κ2) is 7.67. The van der Waals surface area contributed by atoms with E-state index in [4.69, 9.17) is 4.74 Å². The lowest BCUT2D eigenvalue weighted by molar-refractivity contribution is -0.0326. The third-order valence-electron chi connectivity index (χ3n) is 5.90. The van der Waals surface area contributed by atoms with Gasteiger partial charge >= 0.3 is 0 Å². The van der Waals surface area contributed by atoms with Crippen LogP contribution in [0.25, 0.3) is 16.3 Å². The Hall–Kier alpha value is -2.45. The Morgan fingerprint density at radius 1 is 1.07 bits per heavy atom. The first-order valence-electron chi connectivity index (χ1n) is 10.3. The van der Waals surface area contributed by atoms with Crippen molar-refractivity contribution < 1.29 is 4.74 Å². The quantitative estimate of drug-likeness (QED) is 0.584. The zero-order valence-corrected chi connectivity index (χ0v) is 19.4. The van der Waals surface area contributed by atoms with E-state index in [1.165, 1.54) is 6.42 Å². The van der Waals surface area contributed by atoms with Crippen LogP contribution in [0, 0.1) is 0 Å². The minimum Gasteiger partial charge on any atom is -0.494 e. The molecule has 0 amide bonds. The van der Waals surface area contributed by atoms with Crippen LogP contribution in [0.3, 0.4) is 0 Å². The molecule has 1 aromatic carbocycles. The number of rotatable bonds is 5. The molecular weight excluding hydrogens is 396 g/mol. The maximum atomic E-state index is 5.76. The van der Waals surface area contributed by atoms with E-state index in [2.05, 4.69) is 60.1 Å². The average Bonchev–Trinajstić information content (AvgIpc) is 3.38. The fourth-order valence-corrected chi connectivity index (χ4v) is 5.66. The smallest absolute Gasteiger partial charge is 0.222 e. The SMILES string of the molecule is COc1c(-c2nnc(N(C)N3C(C)(C)CCCC3(C)C)s2)cccc1-n1cccn1. The molecule has 0 radical (unpaired) electrons. The first-order valence-corrected chi connectivity index (χ1v) is 11.1. The Morgan fingerprint density at radius 2 is 1.80 bits per heavy atom. The van der Waals surface area contributed by atoms with Crippen LogP contribution in [0.15, 0.2) is 36.7 Å². The van der Waals surface area contributed by atoms with Crippen LogP contribution in [0.2, 0.25) is 0 Å². The molecule has 3 aromatic rings. The number of hydrazine groups is 1. The molecule has 2 aromatic heterocycles. The zero-order valence-electron chi connectivity index (χ0n) is 18.6. The Labute approximate surface area is 182 Å². The predicted octanol–water partition coefficient (Wildman–Crippen LogP) is 4.79. The summed E-state index contributed by atoms with van der Waals surface area (Å²) in [7, 11) is 3.77. The molecule has 1 fully saturated rings. The number of piperidine rings is 1. The van der Waals surface area contributed by atoms with Crippen LogP contribution >= 0.6 is 11.3 Å². The van der Waals surface area contributed by atoms with Crippen molar-refractivity contribution in [3.8, 4) is 22.0 Å². The van der Waals surface area contributed by atoms with Gasteiger partial charge in [0.2, 0.25) is 5.13 Å². The summed E-state index contributed by atoms with van der Waals surface area (Å²) in [4.78, 5) is 0. The number of ether oxygens (including phenoxy) is 1. The highest BCUT2D eigenvalue weighted by atomic mass is 32.1. The van der Waals surface area contributed by atoms with E-state index in [1.54, 1.807) is 29.3 Å². The van der Waals surface area contributed by atoms with E-state index in [1.807, 2.05) is 30.5 Å². The molecule has 8 heteroatoms. The number of benzene rings is 1. The lowest BCUT2D eigenvalue weighted by Crippen LogP contribution is -2.64. The largest absolute Gasteiger partial charge is 0.494 e. The van der Waals surface area contributed by atoms with Gasteiger partial charge in [0.05, 0.1) is 12.7 Å². The van der Waals surface area contributed by atoms with Gasteiger partial charge in [-0.25, -0.2) is 9.69 Å². The minimum atomic E-state index is 0.0556. The molecule has 0 unspecified atom stereocenters. The second-order valence-electron chi connectivity index (χ2n) is 9.01. The van der Waals surface area contributed by atoms with E-state index in [0.717, 1.165) is 40.0 Å². The maximum absolute atomic E-state index is 5.76. The van der Waals surface area contributed by atoms with Crippen LogP contribution in [0.5, 0.6) is 5.75 Å². The summed E-state index contributed by atoms with van der Waals surface area (Å²) in [5.41, 5.74) is 1.91. The Morgan fingerprint density at radius 3 is 2.43 bits per heavy atom.